The van der Waals surface area contributed by atoms with Crippen LogP contribution in [0.3, 0.4) is 0 Å². The van der Waals surface area contributed by atoms with Crippen molar-refractivity contribution in [2.75, 3.05) is 13.1 Å². The molecule has 1 fully saturated rings. The minimum atomic E-state index is -0.133. The van der Waals surface area contributed by atoms with Crippen LogP contribution in [-0.4, -0.2) is 44.9 Å². The van der Waals surface area contributed by atoms with E-state index in [4.69, 9.17) is 23.2 Å². The summed E-state index contributed by atoms with van der Waals surface area (Å²) in [5.74, 6) is -0.133. The van der Waals surface area contributed by atoms with Crippen LogP contribution in [-0.2, 0) is 6.54 Å². The second-order valence-electron chi connectivity index (χ2n) is 6.84. The van der Waals surface area contributed by atoms with E-state index >= 15 is 0 Å². The highest BCUT2D eigenvalue weighted by atomic mass is 35.5. The van der Waals surface area contributed by atoms with E-state index < -0.39 is 0 Å². The summed E-state index contributed by atoms with van der Waals surface area (Å²) in [6.07, 6.45) is 3.75. The molecule has 1 aliphatic rings. The van der Waals surface area contributed by atoms with Crippen molar-refractivity contribution in [2.45, 2.75) is 45.3 Å². The lowest BCUT2D eigenvalue weighted by molar-refractivity contribution is 0.0684. The average molecular weight is 433 g/mol. The Balaban J connectivity index is 0.00000261. The van der Waals surface area contributed by atoms with Gasteiger partial charge < -0.3 is 10.2 Å². The van der Waals surface area contributed by atoms with Crippen molar-refractivity contribution in [1.82, 2.24) is 25.2 Å². The molecule has 0 radical (unpaired) electrons. The van der Waals surface area contributed by atoms with Crippen LogP contribution < -0.4 is 5.32 Å². The fourth-order valence-corrected chi connectivity index (χ4v) is 3.42. The van der Waals surface area contributed by atoms with Gasteiger partial charge in [-0.25, -0.2) is 4.68 Å². The maximum atomic E-state index is 13.0. The van der Waals surface area contributed by atoms with Crippen LogP contribution in [0.1, 0.15) is 48.8 Å². The number of amides is 1. The zero-order valence-corrected chi connectivity index (χ0v) is 17.7. The molecule has 148 valence electrons. The van der Waals surface area contributed by atoms with Crippen LogP contribution in [0.25, 0.3) is 0 Å². The monoisotopic (exact) mass is 431 g/mol. The number of benzene rings is 1. The lowest BCUT2D eigenvalue weighted by atomic mass is 10.1. The van der Waals surface area contributed by atoms with Gasteiger partial charge in [-0.3, -0.25) is 4.79 Å². The first-order valence-electron chi connectivity index (χ1n) is 8.83. The van der Waals surface area contributed by atoms with E-state index in [2.05, 4.69) is 15.6 Å². The highest BCUT2D eigenvalue weighted by molar-refractivity contribution is 6.42. The Morgan fingerprint density at radius 1 is 1.30 bits per heavy atom. The summed E-state index contributed by atoms with van der Waals surface area (Å²) in [7, 11) is 0. The molecule has 9 heteroatoms. The van der Waals surface area contributed by atoms with Gasteiger partial charge >= 0.3 is 0 Å². The third-order valence-electron chi connectivity index (χ3n) is 4.63. The smallest absolute Gasteiger partial charge is 0.276 e. The van der Waals surface area contributed by atoms with E-state index in [9.17, 15) is 4.79 Å². The van der Waals surface area contributed by atoms with Gasteiger partial charge in [-0.2, -0.15) is 0 Å². The third kappa shape index (κ3) is 5.35. The fraction of sp³-hybridized carbons (Fsp3) is 0.500. The summed E-state index contributed by atoms with van der Waals surface area (Å²) in [4.78, 5) is 14.7. The van der Waals surface area contributed by atoms with Crippen LogP contribution in [0.5, 0.6) is 0 Å². The number of aromatic nitrogens is 3. The number of rotatable bonds is 5. The molecule has 1 saturated heterocycles. The topological polar surface area (TPSA) is 63.1 Å². The first-order valence-corrected chi connectivity index (χ1v) is 9.58. The van der Waals surface area contributed by atoms with Crippen molar-refractivity contribution in [3.05, 3.63) is 45.7 Å². The Morgan fingerprint density at radius 3 is 2.63 bits per heavy atom. The van der Waals surface area contributed by atoms with E-state index in [1.54, 1.807) is 23.2 Å². The quantitative estimate of drug-likeness (QED) is 0.776. The van der Waals surface area contributed by atoms with Gasteiger partial charge in [-0.15, -0.1) is 17.5 Å². The second kappa shape index (κ2) is 9.73. The maximum absolute atomic E-state index is 13.0. The molecule has 1 amide bonds. The predicted octanol–water partition coefficient (Wildman–Crippen LogP) is 3.98. The number of nitrogens with one attached hydrogen (secondary N) is 1. The molecule has 0 unspecified atom stereocenters. The van der Waals surface area contributed by atoms with Crippen molar-refractivity contribution >= 4 is 41.5 Å². The van der Waals surface area contributed by atoms with Crippen LogP contribution in [0.2, 0.25) is 10.0 Å². The standard InChI is InChI=1S/C18H23Cl2N5O.ClH/c1-12(2)24(10-13-3-4-15(19)16(20)9-13)18(26)17-11-25(23-22-17)14-5-7-21-8-6-14;/h3-4,9,11-12,14,21H,5-8,10H2,1-2H3;1H. The van der Waals surface area contributed by atoms with Gasteiger partial charge in [0.1, 0.15) is 0 Å². The Morgan fingerprint density at radius 2 is 2.00 bits per heavy atom. The van der Waals surface area contributed by atoms with Crippen LogP contribution in [0.15, 0.2) is 24.4 Å². The summed E-state index contributed by atoms with van der Waals surface area (Å²) in [6.45, 7) is 6.32. The predicted molar refractivity (Wildman–Crippen MR) is 110 cm³/mol. The zero-order chi connectivity index (χ0) is 18.7. The van der Waals surface area contributed by atoms with Gasteiger partial charge in [0.2, 0.25) is 0 Å². The minimum absolute atomic E-state index is 0. The van der Waals surface area contributed by atoms with E-state index in [1.165, 1.54) is 0 Å². The van der Waals surface area contributed by atoms with E-state index in [0.717, 1.165) is 31.5 Å². The molecule has 2 aromatic rings. The van der Waals surface area contributed by atoms with E-state index in [0.29, 0.717) is 28.3 Å². The third-order valence-corrected chi connectivity index (χ3v) is 5.37. The molecule has 0 atom stereocenters. The molecular formula is C18H24Cl3N5O. The van der Waals surface area contributed by atoms with Crippen molar-refractivity contribution < 1.29 is 4.79 Å². The molecular weight excluding hydrogens is 409 g/mol. The molecule has 0 saturated carbocycles. The van der Waals surface area contributed by atoms with E-state index in [-0.39, 0.29) is 24.4 Å². The Bertz CT molecular complexity index is 774. The van der Waals surface area contributed by atoms with Crippen LogP contribution in [0, 0.1) is 0 Å². The van der Waals surface area contributed by atoms with Gasteiger partial charge in [0, 0.05) is 12.6 Å². The molecule has 6 nitrogen and oxygen atoms in total. The Labute approximate surface area is 175 Å². The molecule has 0 aliphatic carbocycles. The molecule has 1 N–H and O–H groups in total. The minimum Gasteiger partial charge on any atom is -0.330 e. The normalized spacial score (nSPS) is 14.9. The number of carbonyl (C=O) groups is 1. The number of halogens is 3. The second-order valence-corrected chi connectivity index (χ2v) is 7.65. The zero-order valence-electron chi connectivity index (χ0n) is 15.4. The summed E-state index contributed by atoms with van der Waals surface area (Å²) in [6, 6.07) is 5.73. The molecule has 0 spiro atoms. The van der Waals surface area contributed by atoms with Crippen molar-refractivity contribution in [3.63, 3.8) is 0 Å². The van der Waals surface area contributed by atoms with Crippen molar-refractivity contribution in [2.24, 2.45) is 0 Å². The molecule has 27 heavy (non-hydrogen) atoms. The van der Waals surface area contributed by atoms with Gasteiger partial charge in [0.25, 0.3) is 5.91 Å². The summed E-state index contributed by atoms with van der Waals surface area (Å²) >= 11 is 12.1. The maximum Gasteiger partial charge on any atom is 0.276 e. The molecule has 2 heterocycles. The first kappa shape index (κ1) is 22.0. The molecule has 0 bridgehead atoms. The van der Waals surface area contributed by atoms with Gasteiger partial charge in [0.05, 0.1) is 22.3 Å². The SMILES string of the molecule is CC(C)N(Cc1ccc(Cl)c(Cl)c1)C(=O)c1cn(C2CCNCC2)nn1.Cl. The lowest BCUT2D eigenvalue weighted by Gasteiger charge is -2.26. The van der Waals surface area contributed by atoms with Gasteiger partial charge in [-0.1, -0.05) is 34.5 Å². The first-order chi connectivity index (χ1) is 12.5. The lowest BCUT2D eigenvalue weighted by Crippen LogP contribution is -2.36. The number of carbonyl (C=O) groups excluding carboxylic acids is 1. The van der Waals surface area contributed by atoms with Crippen molar-refractivity contribution in [3.8, 4) is 0 Å². The van der Waals surface area contributed by atoms with Crippen LogP contribution in [0.4, 0.5) is 0 Å². The Kier molecular flexibility index (Phi) is 7.91. The van der Waals surface area contributed by atoms with Gasteiger partial charge in [0.15, 0.2) is 5.69 Å². The number of hydrogen-bond donors (Lipinski definition) is 1. The molecule has 1 aromatic carbocycles. The largest absolute Gasteiger partial charge is 0.330 e. The average Bonchev–Trinajstić information content (AvgIpc) is 3.13. The number of hydrogen-bond acceptors (Lipinski definition) is 4. The summed E-state index contributed by atoms with van der Waals surface area (Å²) < 4.78 is 1.83. The number of piperidine rings is 1. The summed E-state index contributed by atoms with van der Waals surface area (Å²) in [5.41, 5.74) is 1.30. The highest BCUT2D eigenvalue weighted by Gasteiger charge is 2.24. The van der Waals surface area contributed by atoms with E-state index in [1.807, 2.05) is 24.6 Å². The molecule has 1 aromatic heterocycles. The van der Waals surface area contributed by atoms with Crippen molar-refractivity contribution in [1.29, 1.82) is 0 Å². The molecule has 3 rings (SSSR count). The highest BCUT2D eigenvalue weighted by Crippen LogP contribution is 2.24. The fourth-order valence-electron chi connectivity index (χ4n) is 3.10. The van der Waals surface area contributed by atoms with Crippen LogP contribution >= 0.6 is 35.6 Å². The van der Waals surface area contributed by atoms with Gasteiger partial charge in [-0.05, 0) is 57.5 Å². The number of nitrogens with zero attached hydrogens (tertiary/aromatic N) is 4. The Hall–Kier alpha value is -1.34. The molecule has 1 aliphatic heterocycles. The summed E-state index contributed by atoms with van der Waals surface area (Å²) in [5, 5.41) is 12.6.